The first-order valence-corrected chi connectivity index (χ1v) is 7.90. The van der Waals surface area contributed by atoms with Gasteiger partial charge in [0.05, 0.1) is 5.92 Å². The Balaban J connectivity index is 2.55. The highest BCUT2D eigenvalue weighted by atomic mass is 16.2. The van der Waals surface area contributed by atoms with Gasteiger partial charge >= 0.3 is 0 Å². The van der Waals surface area contributed by atoms with Gasteiger partial charge in [0.25, 0.3) is 0 Å². The van der Waals surface area contributed by atoms with Crippen molar-refractivity contribution in [2.24, 2.45) is 23.5 Å². The molecule has 0 aromatic rings. The normalized spacial score (nSPS) is 18.5. The highest BCUT2D eigenvalue weighted by molar-refractivity contribution is 6.00. The van der Waals surface area contributed by atoms with Crippen LogP contribution in [0.1, 0.15) is 71.6 Å². The largest absolute Gasteiger partial charge is 0.369 e. The second kappa shape index (κ2) is 8.34. The van der Waals surface area contributed by atoms with Gasteiger partial charge in [0.15, 0.2) is 0 Å². The zero-order valence-electron chi connectivity index (χ0n) is 12.5. The summed E-state index contributed by atoms with van der Waals surface area (Å²) in [6.45, 7) is 4.20. The van der Waals surface area contributed by atoms with Gasteiger partial charge in [-0.2, -0.15) is 0 Å². The number of amides is 1. The van der Waals surface area contributed by atoms with E-state index in [2.05, 4.69) is 13.8 Å². The average molecular weight is 267 g/mol. The summed E-state index contributed by atoms with van der Waals surface area (Å²) in [5.41, 5.74) is 5.45. The molecule has 1 aliphatic rings. The fourth-order valence-corrected chi connectivity index (χ4v) is 3.17. The third-order valence-corrected chi connectivity index (χ3v) is 4.67. The minimum Gasteiger partial charge on any atom is -0.369 e. The number of carbonyl (C=O) groups is 2. The van der Waals surface area contributed by atoms with E-state index in [9.17, 15) is 9.59 Å². The smallest absolute Gasteiger partial charge is 0.228 e. The monoisotopic (exact) mass is 267 g/mol. The summed E-state index contributed by atoms with van der Waals surface area (Å²) in [5.74, 6) is 0.0506. The summed E-state index contributed by atoms with van der Waals surface area (Å²) in [7, 11) is 0. The minimum absolute atomic E-state index is 0.0757. The lowest BCUT2D eigenvalue weighted by Gasteiger charge is -2.25. The van der Waals surface area contributed by atoms with E-state index in [1.54, 1.807) is 0 Å². The van der Waals surface area contributed by atoms with E-state index in [4.69, 9.17) is 5.73 Å². The van der Waals surface area contributed by atoms with Crippen molar-refractivity contribution in [1.82, 2.24) is 0 Å². The Bertz CT molecular complexity index is 291. The molecule has 0 aromatic carbocycles. The zero-order valence-corrected chi connectivity index (χ0v) is 12.5. The van der Waals surface area contributed by atoms with Gasteiger partial charge < -0.3 is 5.73 Å². The first-order valence-electron chi connectivity index (χ1n) is 7.90. The molecule has 0 aromatic heterocycles. The Morgan fingerprint density at radius 1 is 1.11 bits per heavy atom. The van der Waals surface area contributed by atoms with Gasteiger partial charge in [-0.05, 0) is 18.3 Å². The van der Waals surface area contributed by atoms with Crippen LogP contribution < -0.4 is 5.73 Å². The number of ketones is 1. The topological polar surface area (TPSA) is 60.2 Å². The summed E-state index contributed by atoms with van der Waals surface area (Å²) in [6.07, 6.45) is 9.27. The van der Waals surface area contributed by atoms with E-state index < -0.39 is 11.8 Å². The molecule has 19 heavy (non-hydrogen) atoms. The van der Waals surface area contributed by atoms with E-state index in [-0.39, 0.29) is 5.78 Å². The number of carbonyl (C=O) groups excluding carboxylic acids is 2. The number of nitrogens with two attached hydrogens (primary N) is 1. The summed E-state index contributed by atoms with van der Waals surface area (Å²) >= 11 is 0. The van der Waals surface area contributed by atoms with Crippen molar-refractivity contribution >= 4 is 11.7 Å². The summed E-state index contributed by atoms with van der Waals surface area (Å²) in [4.78, 5) is 23.9. The van der Waals surface area contributed by atoms with Crippen LogP contribution in [0.2, 0.25) is 0 Å². The van der Waals surface area contributed by atoms with Crippen LogP contribution in [0.3, 0.4) is 0 Å². The minimum atomic E-state index is -0.538. The maximum Gasteiger partial charge on any atom is 0.228 e. The van der Waals surface area contributed by atoms with Crippen molar-refractivity contribution in [2.75, 3.05) is 0 Å². The third kappa shape index (κ3) is 5.33. The molecule has 0 saturated heterocycles. The molecule has 2 N–H and O–H groups in total. The maximum absolute atomic E-state index is 12.3. The van der Waals surface area contributed by atoms with Gasteiger partial charge in [-0.1, -0.05) is 58.8 Å². The number of primary amides is 1. The molecular weight excluding hydrogens is 238 g/mol. The average Bonchev–Trinajstić information content (AvgIpc) is 2.42. The number of hydrogen-bond donors (Lipinski definition) is 1. The molecule has 1 fully saturated rings. The lowest BCUT2D eigenvalue weighted by molar-refractivity contribution is -0.133. The fourth-order valence-electron chi connectivity index (χ4n) is 3.17. The van der Waals surface area contributed by atoms with E-state index in [0.29, 0.717) is 24.7 Å². The predicted octanol–water partition coefficient (Wildman–Crippen LogP) is 3.45. The molecule has 1 atom stereocenters. The van der Waals surface area contributed by atoms with Crippen LogP contribution >= 0.6 is 0 Å². The van der Waals surface area contributed by atoms with Crippen LogP contribution in [-0.4, -0.2) is 11.7 Å². The highest BCUT2D eigenvalue weighted by Crippen LogP contribution is 2.30. The predicted molar refractivity (Wildman–Crippen MR) is 77.6 cm³/mol. The van der Waals surface area contributed by atoms with Crippen molar-refractivity contribution in [2.45, 2.75) is 71.6 Å². The molecule has 0 bridgehead atoms. The molecular formula is C16H29NO2. The van der Waals surface area contributed by atoms with Gasteiger partial charge in [0.2, 0.25) is 5.91 Å². The van der Waals surface area contributed by atoms with Gasteiger partial charge in [-0.15, -0.1) is 0 Å². The van der Waals surface area contributed by atoms with Crippen molar-refractivity contribution in [3.05, 3.63) is 0 Å². The second-order valence-electron chi connectivity index (χ2n) is 6.05. The van der Waals surface area contributed by atoms with E-state index in [1.807, 2.05) is 0 Å². The molecule has 0 heterocycles. The number of hydrogen-bond acceptors (Lipinski definition) is 2. The first-order chi connectivity index (χ1) is 9.08. The van der Waals surface area contributed by atoms with Crippen LogP contribution in [0.4, 0.5) is 0 Å². The molecule has 0 spiro atoms. The van der Waals surface area contributed by atoms with Crippen molar-refractivity contribution in [3.8, 4) is 0 Å². The van der Waals surface area contributed by atoms with E-state index in [0.717, 1.165) is 25.7 Å². The molecule has 110 valence electrons. The Morgan fingerprint density at radius 3 is 2.16 bits per heavy atom. The third-order valence-electron chi connectivity index (χ3n) is 4.67. The van der Waals surface area contributed by atoms with Crippen molar-refractivity contribution in [3.63, 3.8) is 0 Å². The van der Waals surface area contributed by atoms with Crippen LogP contribution in [0.25, 0.3) is 0 Å². The lowest BCUT2D eigenvalue weighted by Crippen LogP contribution is -2.33. The Hall–Kier alpha value is -0.860. The summed E-state index contributed by atoms with van der Waals surface area (Å²) in [6, 6.07) is 0. The molecule has 3 heteroatoms. The van der Waals surface area contributed by atoms with Gasteiger partial charge in [0, 0.05) is 6.42 Å². The molecule has 0 aliphatic heterocycles. The number of rotatable bonds is 8. The van der Waals surface area contributed by atoms with E-state index in [1.165, 1.54) is 19.3 Å². The molecule has 1 aliphatic carbocycles. The number of Topliss-reactive ketones (excluding diaryl/α,β-unsaturated/α-hetero) is 1. The summed E-state index contributed by atoms with van der Waals surface area (Å²) < 4.78 is 0. The SMILES string of the molecule is CCC(CC)CC(=O)C(CC1CCCCC1)C(N)=O. The van der Waals surface area contributed by atoms with E-state index >= 15 is 0 Å². The lowest BCUT2D eigenvalue weighted by atomic mass is 9.79. The quantitative estimate of drug-likeness (QED) is 0.685. The van der Waals surface area contributed by atoms with Gasteiger partial charge in [-0.25, -0.2) is 0 Å². The van der Waals surface area contributed by atoms with Crippen LogP contribution in [0, 0.1) is 17.8 Å². The molecule has 1 unspecified atom stereocenters. The molecule has 1 rings (SSSR count). The van der Waals surface area contributed by atoms with Gasteiger partial charge in [0.1, 0.15) is 5.78 Å². The highest BCUT2D eigenvalue weighted by Gasteiger charge is 2.29. The molecule has 1 saturated carbocycles. The Kier molecular flexibility index (Phi) is 7.11. The van der Waals surface area contributed by atoms with Crippen molar-refractivity contribution < 1.29 is 9.59 Å². The standard InChI is InChI=1S/C16H29NO2/c1-3-12(4-2)11-15(18)14(16(17)19)10-13-8-6-5-7-9-13/h12-14H,3-11H2,1-2H3,(H2,17,19). The van der Waals surface area contributed by atoms with Crippen LogP contribution in [-0.2, 0) is 9.59 Å². The molecule has 3 nitrogen and oxygen atoms in total. The van der Waals surface area contributed by atoms with Crippen LogP contribution in [0.5, 0.6) is 0 Å². The van der Waals surface area contributed by atoms with Crippen LogP contribution in [0.15, 0.2) is 0 Å². The zero-order chi connectivity index (χ0) is 14.3. The fraction of sp³-hybridized carbons (Fsp3) is 0.875. The molecule has 0 radical (unpaired) electrons. The molecule has 1 amide bonds. The van der Waals surface area contributed by atoms with Crippen molar-refractivity contribution in [1.29, 1.82) is 0 Å². The second-order valence-corrected chi connectivity index (χ2v) is 6.05. The Labute approximate surface area is 117 Å². The first kappa shape index (κ1) is 16.2. The van der Waals surface area contributed by atoms with Gasteiger partial charge in [-0.3, -0.25) is 9.59 Å². The Morgan fingerprint density at radius 2 is 1.68 bits per heavy atom. The summed E-state index contributed by atoms with van der Waals surface area (Å²) in [5, 5.41) is 0. The maximum atomic E-state index is 12.3.